The fourth-order valence-corrected chi connectivity index (χ4v) is 2.37. The van der Waals surface area contributed by atoms with Crippen LogP contribution in [0.1, 0.15) is 40.3 Å². The molecular weight excluding hydrogens is 226 g/mol. The summed E-state index contributed by atoms with van der Waals surface area (Å²) in [5.41, 5.74) is 6.25. The molecule has 0 bridgehead atoms. The third kappa shape index (κ3) is 2.91. The second-order valence-corrected chi connectivity index (χ2v) is 4.80. The number of methoxy groups -OCH3 is 1. The van der Waals surface area contributed by atoms with Crippen LogP contribution in [-0.2, 0) is 9.53 Å². The molecule has 0 saturated carbocycles. The van der Waals surface area contributed by atoms with Gasteiger partial charge >= 0.3 is 5.97 Å². The lowest BCUT2D eigenvalue weighted by Crippen LogP contribution is -2.23. The monoisotopic (exact) mass is 249 g/mol. The molecule has 3 heteroatoms. The fraction of sp³-hybridized carbons (Fsp3) is 0.533. The van der Waals surface area contributed by atoms with Gasteiger partial charge in [0.25, 0.3) is 0 Å². The molecule has 0 aliphatic rings. The molecule has 1 aromatic carbocycles. The van der Waals surface area contributed by atoms with Gasteiger partial charge in [0.15, 0.2) is 0 Å². The van der Waals surface area contributed by atoms with Crippen molar-refractivity contribution < 1.29 is 9.53 Å². The normalized spacial score (nSPS) is 12.3. The molecule has 0 fully saturated rings. The number of nitrogens with one attached hydrogen (secondary N) is 1. The smallest absolute Gasteiger partial charge is 0.307 e. The Hall–Kier alpha value is -1.35. The Morgan fingerprint density at radius 1 is 1.22 bits per heavy atom. The standard InChI is InChI=1S/C15H23NO2/c1-9-7-10(2)12(4)15(11(9)3)13(16-5)8-14(17)18-6/h7,13,16H,8H2,1-6H3. The van der Waals surface area contributed by atoms with Gasteiger partial charge in [-0.25, -0.2) is 0 Å². The van der Waals surface area contributed by atoms with Crippen molar-refractivity contribution in [1.82, 2.24) is 5.32 Å². The second kappa shape index (κ2) is 6.01. The molecule has 0 aromatic heterocycles. The van der Waals surface area contributed by atoms with E-state index in [4.69, 9.17) is 4.74 Å². The summed E-state index contributed by atoms with van der Waals surface area (Å²) < 4.78 is 4.77. The summed E-state index contributed by atoms with van der Waals surface area (Å²) in [5.74, 6) is -0.188. The van der Waals surface area contributed by atoms with Gasteiger partial charge in [0, 0.05) is 6.04 Å². The van der Waals surface area contributed by atoms with Crippen molar-refractivity contribution in [3.63, 3.8) is 0 Å². The van der Waals surface area contributed by atoms with E-state index in [1.807, 2.05) is 7.05 Å². The molecule has 0 heterocycles. The average molecular weight is 249 g/mol. The molecule has 1 aromatic rings. The van der Waals surface area contributed by atoms with E-state index in [-0.39, 0.29) is 12.0 Å². The van der Waals surface area contributed by atoms with Crippen LogP contribution in [-0.4, -0.2) is 20.1 Å². The molecule has 18 heavy (non-hydrogen) atoms. The van der Waals surface area contributed by atoms with E-state index in [1.165, 1.54) is 34.9 Å². The number of benzene rings is 1. The summed E-state index contributed by atoms with van der Waals surface area (Å²) in [7, 11) is 3.31. The Labute approximate surface area is 110 Å². The molecule has 100 valence electrons. The maximum atomic E-state index is 11.5. The summed E-state index contributed by atoms with van der Waals surface area (Å²) in [5, 5.41) is 3.22. The Morgan fingerprint density at radius 2 is 1.72 bits per heavy atom. The van der Waals surface area contributed by atoms with Gasteiger partial charge < -0.3 is 10.1 Å². The number of ether oxygens (including phenoxy) is 1. The highest BCUT2D eigenvalue weighted by molar-refractivity contribution is 5.70. The summed E-state index contributed by atoms with van der Waals surface area (Å²) in [6.45, 7) is 8.43. The van der Waals surface area contributed by atoms with Gasteiger partial charge in [0.1, 0.15) is 0 Å². The van der Waals surface area contributed by atoms with Crippen molar-refractivity contribution in [1.29, 1.82) is 0 Å². The van der Waals surface area contributed by atoms with E-state index in [2.05, 4.69) is 39.1 Å². The first-order valence-electron chi connectivity index (χ1n) is 6.23. The minimum Gasteiger partial charge on any atom is -0.469 e. The van der Waals surface area contributed by atoms with Crippen molar-refractivity contribution in [2.45, 2.75) is 40.2 Å². The van der Waals surface area contributed by atoms with Gasteiger partial charge in [-0.15, -0.1) is 0 Å². The summed E-state index contributed by atoms with van der Waals surface area (Å²) in [4.78, 5) is 11.5. The number of carbonyl (C=O) groups is 1. The number of rotatable bonds is 4. The third-order valence-corrected chi connectivity index (χ3v) is 3.72. The van der Waals surface area contributed by atoms with E-state index < -0.39 is 0 Å². The zero-order valence-corrected chi connectivity index (χ0v) is 12.2. The first-order valence-corrected chi connectivity index (χ1v) is 6.23. The lowest BCUT2D eigenvalue weighted by molar-refractivity contribution is -0.141. The van der Waals surface area contributed by atoms with Crippen molar-refractivity contribution in [2.24, 2.45) is 0 Å². The quantitative estimate of drug-likeness (QED) is 0.834. The van der Waals surface area contributed by atoms with E-state index in [9.17, 15) is 4.79 Å². The molecule has 3 nitrogen and oxygen atoms in total. The van der Waals surface area contributed by atoms with Crippen LogP contribution in [0.5, 0.6) is 0 Å². The van der Waals surface area contributed by atoms with Crippen LogP contribution in [0.3, 0.4) is 0 Å². The van der Waals surface area contributed by atoms with E-state index in [0.29, 0.717) is 6.42 Å². The summed E-state index contributed by atoms with van der Waals surface area (Å²) in [6.07, 6.45) is 0.359. The zero-order chi connectivity index (χ0) is 13.9. The predicted octanol–water partition coefficient (Wildman–Crippen LogP) is 2.74. The minimum absolute atomic E-state index is 0.0102. The van der Waals surface area contributed by atoms with Gasteiger partial charge in [0.2, 0.25) is 0 Å². The van der Waals surface area contributed by atoms with Crippen LogP contribution < -0.4 is 5.32 Å². The SMILES string of the molecule is CNC(CC(=O)OC)c1c(C)c(C)cc(C)c1C. The highest BCUT2D eigenvalue weighted by atomic mass is 16.5. The highest BCUT2D eigenvalue weighted by Gasteiger charge is 2.20. The molecule has 0 radical (unpaired) electrons. The molecule has 1 atom stereocenters. The Kier molecular flexibility index (Phi) is 4.91. The van der Waals surface area contributed by atoms with Gasteiger partial charge in [0.05, 0.1) is 13.5 Å². The molecule has 0 aliphatic carbocycles. The summed E-state index contributed by atoms with van der Waals surface area (Å²) in [6, 6.07) is 2.20. The topological polar surface area (TPSA) is 38.3 Å². The zero-order valence-electron chi connectivity index (χ0n) is 12.2. The van der Waals surface area contributed by atoms with Gasteiger partial charge in [-0.05, 0) is 62.6 Å². The summed E-state index contributed by atoms with van der Waals surface area (Å²) >= 11 is 0. The number of hydrogen-bond donors (Lipinski definition) is 1. The van der Waals surface area contributed by atoms with Gasteiger partial charge in [-0.3, -0.25) is 4.79 Å². The van der Waals surface area contributed by atoms with Gasteiger partial charge in [-0.1, -0.05) is 6.07 Å². The molecule has 1 rings (SSSR count). The van der Waals surface area contributed by atoms with Crippen molar-refractivity contribution in [3.05, 3.63) is 33.9 Å². The average Bonchev–Trinajstić information content (AvgIpc) is 2.35. The van der Waals surface area contributed by atoms with Crippen LogP contribution in [0.4, 0.5) is 0 Å². The lowest BCUT2D eigenvalue weighted by Gasteiger charge is -2.23. The molecule has 1 N–H and O–H groups in total. The number of aryl methyl sites for hydroxylation is 2. The largest absolute Gasteiger partial charge is 0.469 e. The minimum atomic E-state index is -0.188. The first kappa shape index (κ1) is 14.7. The van der Waals surface area contributed by atoms with Crippen LogP contribution >= 0.6 is 0 Å². The lowest BCUT2D eigenvalue weighted by atomic mass is 9.88. The third-order valence-electron chi connectivity index (χ3n) is 3.72. The predicted molar refractivity (Wildman–Crippen MR) is 73.8 cm³/mol. The van der Waals surface area contributed by atoms with E-state index in [0.717, 1.165) is 0 Å². The van der Waals surface area contributed by atoms with Crippen molar-refractivity contribution >= 4 is 5.97 Å². The van der Waals surface area contributed by atoms with Crippen LogP contribution in [0, 0.1) is 27.7 Å². The fourth-order valence-electron chi connectivity index (χ4n) is 2.37. The maximum absolute atomic E-state index is 11.5. The van der Waals surface area contributed by atoms with E-state index in [1.54, 1.807) is 0 Å². The number of hydrogen-bond acceptors (Lipinski definition) is 3. The van der Waals surface area contributed by atoms with Crippen LogP contribution in [0.25, 0.3) is 0 Å². The Balaban J connectivity index is 3.24. The molecule has 0 saturated heterocycles. The molecule has 1 unspecified atom stereocenters. The molecule has 0 aliphatic heterocycles. The molecule has 0 spiro atoms. The Morgan fingerprint density at radius 3 is 2.11 bits per heavy atom. The van der Waals surface area contributed by atoms with Crippen LogP contribution in [0.2, 0.25) is 0 Å². The van der Waals surface area contributed by atoms with E-state index >= 15 is 0 Å². The molecule has 0 amide bonds. The molecular formula is C15H23NO2. The first-order chi connectivity index (χ1) is 8.42. The van der Waals surface area contributed by atoms with Crippen molar-refractivity contribution in [2.75, 3.05) is 14.2 Å². The maximum Gasteiger partial charge on any atom is 0.307 e. The van der Waals surface area contributed by atoms with Gasteiger partial charge in [-0.2, -0.15) is 0 Å². The number of carbonyl (C=O) groups excluding carboxylic acids is 1. The van der Waals surface area contributed by atoms with Crippen LogP contribution in [0.15, 0.2) is 6.07 Å². The highest BCUT2D eigenvalue weighted by Crippen LogP contribution is 2.29. The number of esters is 1. The second-order valence-electron chi connectivity index (χ2n) is 4.80. The Bertz CT molecular complexity index is 426. The van der Waals surface area contributed by atoms with Crippen molar-refractivity contribution in [3.8, 4) is 0 Å².